The van der Waals surface area contributed by atoms with E-state index in [0.29, 0.717) is 30.6 Å². The molecule has 5 nitrogen and oxygen atoms in total. The van der Waals surface area contributed by atoms with Crippen molar-refractivity contribution in [1.82, 2.24) is 9.88 Å². The molecule has 1 aliphatic heterocycles. The van der Waals surface area contributed by atoms with Crippen LogP contribution in [-0.2, 0) is 16.0 Å². The van der Waals surface area contributed by atoms with Crippen molar-refractivity contribution in [2.24, 2.45) is 5.92 Å². The summed E-state index contributed by atoms with van der Waals surface area (Å²) in [4.78, 5) is 18.4. The molecule has 0 radical (unpaired) electrons. The SMILES string of the molecule is COCCN1CC(Cc2cc(C)c3nc(N)sc3c2C)CC1=O. The molecule has 0 spiro atoms. The summed E-state index contributed by atoms with van der Waals surface area (Å²) in [6.45, 7) is 6.32. The number of carbonyl (C=O) groups excluding carboxylic acids is 1. The van der Waals surface area contributed by atoms with Crippen molar-refractivity contribution in [3.8, 4) is 0 Å². The molecule has 124 valence electrons. The quantitative estimate of drug-likeness (QED) is 0.913. The van der Waals surface area contributed by atoms with Crippen molar-refractivity contribution in [2.75, 3.05) is 32.5 Å². The third kappa shape index (κ3) is 3.19. The van der Waals surface area contributed by atoms with Gasteiger partial charge in [0.05, 0.1) is 16.8 Å². The average Bonchev–Trinajstić information content (AvgIpc) is 3.06. The molecule has 2 N–H and O–H groups in total. The van der Waals surface area contributed by atoms with Crippen LogP contribution in [0.2, 0.25) is 0 Å². The Hall–Kier alpha value is -1.66. The highest BCUT2D eigenvalue weighted by atomic mass is 32.1. The van der Waals surface area contributed by atoms with Crippen LogP contribution < -0.4 is 5.73 Å². The molecule has 2 heterocycles. The van der Waals surface area contributed by atoms with Gasteiger partial charge in [-0.1, -0.05) is 17.4 Å². The van der Waals surface area contributed by atoms with E-state index in [1.807, 2.05) is 4.90 Å². The summed E-state index contributed by atoms with van der Waals surface area (Å²) in [5.74, 6) is 0.615. The number of carbonyl (C=O) groups is 1. The minimum absolute atomic E-state index is 0.240. The lowest BCUT2D eigenvalue weighted by atomic mass is 9.93. The van der Waals surface area contributed by atoms with Crippen molar-refractivity contribution >= 4 is 32.6 Å². The van der Waals surface area contributed by atoms with Crippen molar-refractivity contribution in [2.45, 2.75) is 26.7 Å². The number of aromatic nitrogens is 1. The number of fused-ring (bicyclic) bond motifs is 1. The Balaban J connectivity index is 1.80. The molecule has 1 aromatic heterocycles. The average molecular weight is 333 g/mol. The van der Waals surface area contributed by atoms with E-state index in [1.165, 1.54) is 15.8 Å². The van der Waals surface area contributed by atoms with E-state index in [9.17, 15) is 4.79 Å². The topological polar surface area (TPSA) is 68.4 Å². The minimum atomic E-state index is 0.240. The molecule has 23 heavy (non-hydrogen) atoms. The highest BCUT2D eigenvalue weighted by molar-refractivity contribution is 7.22. The Morgan fingerprint density at radius 3 is 3.00 bits per heavy atom. The molecule has 0 bridgehead atoms. The number of methoxy groups -OCH3 is 1. The van der Waals surface area contributed by atoms with E-state index in [0.717, 1.165) is 24.0 Å². The van der Waals surface area contributed by atoms with E-state index in [1.54, 1.807) is 18.4 Å². The standard InChI is InChI=1S/C17H23N3O2S/c1-10-6-13(11(2)16-15(10)19-17(18)23-16)7-12-8-14(21)20(9-12)4-5-22-3/h6,12H,4-5,7-9H2,1-3H3,(H2,18,19). The van der Waals surface area contributed by atoms with E-state index < -0.39 is 0 Å². The van der Waals surface area contributed by atoms with Gasteiger partial charge in [0, 0.05) is 26.6 Å². The fourth-order valence-corrected chi connectivity index (χ4v) is 4.31. The van der Waals surface area contributed by atoms with Gasteiger partial charge in [0.2, 0.25) is 5.91 Å². The first-order valence-corrected chi connectivity index (χ1v) is 8.73. The molecule has 0 saturated carbocycles. The van der Waals surface area contributed by atoms with Crippen LogP contribution in [0.5, 0.6) is 0 Å². The number of hydrogen-bond acceptors (Lipinski definition) is 5. The maximum absolute atomic E-state index is 12.1. The first-order chi connectivity index (χ1) is 11.0. The van der Waals surface area contributed by atoms with Crippen LogP contribution in [0.25, 0.3) is 10.2 Å². The first kappa shape index (κ1) is 16.2. The van der Waals surface area contributed by atoms with Crippen LogP contribution in [0.1, 0.15) is 23.1 Å². The van der Waals surface area contributed by atoms with Gasteiger partial charge in [0.1, 0.15) is 0 Å². The summed E-state index contributed by atoms with van der Waals surface area (Å²) in [6, 6.07) is 2.21. The molecule has 1 unspecified atom stereocenters. The number of nitrogens with zero attached hydrogens (tertiary/aromatic N) is 2. The third-order valence-corrected chi connectivity index (χ3v) is 5.60. The fraction of sp³-hybridized carbons (Fsp3) is 0.529. The number of hydrogen-bond donors (Lipinski definition) is 1. The Kier molecular flexibility index (Phi) is 4.55. The van der Waals surface area contributed by atoms with Gasteiger partial charge in [0.25, 0.3) is 0 Å². The van der Waals surface area contributed by atoms with Gasteiger partial charge in [-0.15, -0.1) is 0 Å². The van der Waals surface area contributed by atoms with Gasteiger partial charge in [-0.05, 0) is 42.9 Å². The summed E-state index contributed by atoms with van der Waals surface area (Å²) < 4.78 is 6.26. The Bertz CT molecular complexity index is 741. The highest BCUT2D eigenvalue weighted by Gasteiger charge is 2.29. The van der Waals surface area contributed by atoms with Crippen molar-refractivity contribution < 1.29 is 9.53 Å². The zero-order valence-electron chi connectivity index (χ0n) is 13.9. The number of aryl methyl sites for hydroxylation is 2. The minimum Gasteiger partial charge on any atom is -0.383 e. The number of amides is 1. The molecule has 2 aromatic rings. The van der Waals surface area contributed by atoms with Crippen molar-refractivity contribution in [3.63, 3.8) is 0 Å². The molecule has 1 aromatic carbocycles. The predicted molar refractivity (Wildman–Crippen MR) is 93.8 cm³/mol. The maximum atomic E-state index is 12.1. The second-order valence-electron chi connectivity index (χ2n) is 6.31. The second-order valence-corrected chi connectivity index (χ2v) is 7.34. The van der Waals surface area contributed by atoms with Crippen molar-refractivity contribution in [1.29, 1.82) is 0 Å². The van der Waals surface area contributed by atoms with E-state index in [2.05, 4.69) is 24.9 Å². The zero-order chi connectivity index (χ0) is 16.6. The molecule has 0 aliphatic carbocycles. The highest BCUT2D eigenvalue weighted by Crippen LogP contribution is 2.33. The van der Waals surface area contributed by atoms with Crippen LogP contribution in [0.3, 0.4) is 0 Å². The summed E-state index contributed by atoms with van der Waals surface area (Å²) >= 11 is 1.55. The van der Waals surface area contributed by atoms with Crippen molar-refractivity contribution in [3.05, 3.63) is 22.8 Å². The Labute approximate surface area is 140 Å². The molecular formula is C17H23N3O2S. The van der Waals surface area contributed by atoms with Gasteiger partial charge >= 0.3 is 0 Å². The number of anilines is 1. The number of nitrogen functional groups attached to an aromatic ring is 1. The van der Waals surface area contributed by atoms with Crippen LogP contribution in [0.15, 0.2) is 6.07 Å². The lowest BCUT2D eigenvalue weighted by Crippen LogP contribution is -2.28. The number of likely N-dealkylation sites (tertiary alicyclic amines) is 1. The first-order valence-electron chi connectivity index (χ1n) is 7.91. The van der Waals surface area contributed by atoms with Gasteiger partial charge in [0.15, 0.2) is 5.13 Å². The summed E-state index contributed by atoms with van der Waals surface area (Å²) in [7, 11) is 1.67. The zero-order valence-corrected chi connectivity index (χ0v) is 14.7. The maximum Gasteiger partial charge on any atom is 0.223 e. The van der Waals surface area contributed by atoms with E-state index in [-0.39, 0.29) is 5.91 Å². The molecular weight excluding hydrogens is 310 g/mol. The number of rotatable bonds is 5. The summed E-state index contributed by atoms with van der Waals surface area (Å²) in [5.41, 5.74) is 10.6. The largest absolute Gasteiger partial charge is 0.383 e. The molecule has 1 fully saturated rings. The fourth-order valence-electron chi connectivity index (χ4n) is 3.37. The van der Waals surface area contributed by atoms with Gasteiger partial charge in [-0.25, -0.2) is 4.98 Å². The summed E-state index contributed by atoms with van der Waals surface area (Å²) in [5, 5.41) is 0.616. The van der Waals surface area contributed by atoms with Crippen LogP contribution in [-0.4, -0.2) is 42.6 Å². The van der Waals surface area contributed by atoms with Crippen LogP contribution in [0.4, 0.5) is 5.13 Å². The molecule has 1 atom stereocenters. The lowest BCUT2D eigenvalue weighted by Gasteiger charge is -2.17. The van der Waals surface area contributed by atoms with Gasteiger partial charge in [-0.3, -0.25) is 4.79 Å². The predicted octanol–water partition coefficient (Wildman–Crippen LogP) is 2.53. The molecule has 1 saturated heterocycles. The smallest absolute Gasteiger partial charge is 0.223 e. The summed E-state index contributed by atoms with van der Waals surface area (Å²) in [6.07, 6.45) is 1.56. The van der Waals surface area contributed by atoms with Crippen LogP contribution >= 0.6 is 11.3 Å². The number of nitrogens with two attached hydrogens (primary N) is 1. The molecule has 1 aliphatic rings. The van der Waals surface area contributed by atoms with Gasteiger partial charge < -0.3 is 15.4 Å². The number of ether oxygens (including phenoxy) is 1. The Morgan fingerprint density at radius 2 is 2.26 bits per heavy atom. The second kappa shape index (κ2) is 6.45. The van der Waals surface area contributed by atoms with Crippen LogP contribution in [0, 0.1) is 19.8 Å². The monoisotopic (exact) mass is 333 g/mol. The van der Waals surface area contributed by atoms with Gasteiger partial charge in [-0.2, -0.15) is 0 Å². The molecule has 6 heteroatoms. The molecule has 3 rings (SSSR count). The van der Waals surface area contributed by atoms with E-state index in [4.69, 9.17) is 10.5 Å². The third-order valence-electron chi connectivity index (χ3n) is 4.60. The lowest BCUT2D eigenvalue weighted by molar-refractivity contribution is -0.128. The number of benzene rings is 1. The van der Waals surface area contributed by atoms with E-state index >= 15 is 0 Å². The molecule has 1 amide bonds. The number of thiazole rings is 1. The Morgan fingerprint density at radius 1 is 1.48 bits per heavy atom. The normalized spacial score (nSPS) is 18.3.